The molecule has 2 heterocycles. The zero-order valence-corrected chi connectivity index (χ0v) is 12.3. The summed E-state index contributed by atoms with van der Waals surface area (Å²) in [6, 6.07) is 13.9. The van der Waals surface area contributed by atoms with Crippen molar-refractivity contribution < 1.29 is 14.3 Å². The molecule has 2 aromatic rings. The molecule has 2 N–H and O–H groups in total. The van der Waals surface area contributed by atoms with Gasteiger partial charge in [-0.15, -0.1) is 0 Å². The molecule has 3 rings (SSSR count). The molecule has 116 valence electrons. The Morgan fingerprint density at radius 2 is 2.05 bits per heavy atom. The van der Waals surface area contributed by atoms with Crippen LogP contribution in [0.3, 0.4) is 0 Å². The van der Waals surface area contributed by atoms with Gasteiger partial charge in [0.1, 0.15) is 5.76 Å². The number of aliphatic hydroxyl groups is 1. The van der Waals surface area contributed by atoms with Crippen LogP contribution in [-0.4, -0.2) is 41.8 Å². The van der Waals surface area contributed by atoms with E-state index < -0.39 is 0 Å². The molecule has 0 aliphatic carbocycles. The minimum absolute atomic E-state index is 0.114. The lowest BCUT2D eigenvalue weighted by molar-refractivity contribution is 0.0266. The summed E-state index contributed by atoms with van der Waals surface area (Å²) in [6.45, 7) is 1.41. The van der Waals surface area contributed by atoms with E-state index in [0.29, 0.717) is 19.6 Å². The van der Waals surface area contributed by atoms with Gasteiger partial charge in [-0.05, 0) is 24.1 Å². The molecule has 0 radical (unpaired) electrons. The molecule has 2 amide bonds. The van der Waals surface area contributed by atoms with Gasteiger partial charge in [-0.2, -0.15) is 0 Å². The summed E-state index contributed by atoms with van der Waals surface area (Å²) in [5.41, 5.74) is 1.17. The van der Waals surface area contributed by atoms with E-state index in [1.165, 1.54) is 5.56 Å². The number of aliphatic hydroxyl groups excluding tert-OH is 1. The second kappa shape index (κ2) is 6.66. The molecule has 1 aromatic carbocycles. The van der Waals surface area contributed by atoms with E-state index in [4.69, 9.17) is 4.42 Å². The Labute approximate surface area is 129 Å². The number of likely N-dealkylation sites (tertiary alicyclic amines) is 1. The van der Waals surface area contributed by atoms with Gasteiger partial charge in [-0.25, -0.2) is 4.79 Å². The van der Waals surface area contributed by atoms with Gasteiger partial charge in [0.15, 0.2) is 0 Å². The summed E-state index contributed by atoms with van der Waals surface area (Å²) in [7, 11) is 0. The lowest BCUT2D eigenvalue weighted by Gasteiger charge is -2.35. The highest BCUT2D eigenvalue weighted by atomic mass is 16.3. The highest BCUT2D eigenvalue weighted by molar-refractivity contribution is 5.75. The van der Waals surface area contributed by atoms with Gasteiger partial charge >= 0.3 is 6.03 Å². The molecule has 0 unspecified atom stereocenters. The van der Waals surface area contributed by atoms with Crippen LogP contribution in [0.4, 0.5) is 4.79 Å². The molecule has 1 atom stereocenters. The number of urea groups is 1. The average Bonchev–Trinajstić information content (AvgIpc) is 3.03. The first kappa shape index (κ1) is 14.7. The lowest BCUT2D eigenvalue weighted by Crippen LogP contribution is -2.56. The van der Waals surface area contributed by atoms with Crippen LogP contribution in [0.1, 0.15) is 23.7 Å². The van der Waals surface area contributed by atoms with Gasteiger partial charge in [0, 0.05) is 12.5 Å². The maximum Gasteiger partial charge on any atom is 0.317 e. The van der Waals surface area contributed by atoms with Crippen LogP contribution in [0, 0.1) is 0 Å². The molecule has 0 saturated carbocycles. The Morgan fingerprint density at radius 1 is 1.27 bits per heavy atom. The highest BCUT2D eigenvalue weighted by Crippen LogP contribution is 2.27. The number of hydrogen-bond donors (Lipinski definition) is 2. The SMILES string of the molecule is O=C(NCC[C@@H](c1ccccc1)c1ccco1)N1CC(O)C1. The number of benzene rings is 1. The van der Waals surface area contributed by atoms with Gasteiger partial charge in [0.05, 0.1) is 25.5 Å². The molecule has 0 bridgehead atoms. The Kier molecular flexibility index (Phi) is 4.44. The third kappa shape index (κ3) is 3.31. The number of nitrogens with zero attached hydrogens (tertiary/aromatic N) is 1. The highest BCUT2D eigenvalue weighted by Gasteiger charge is 2.28. The topological polar surface area (TPSA) is 65.7 Å². The first-order valence-electron chi connectivity index (χ1n) is 7.53. The summed E-state index contributed by atoms with van der Waals surface area (Å²) >= 11 is 0. The molecule has 22 heavy (non-hydrogen) atoms. The zero-order chi connectivity index (χ0) is 15.4. The van der Waals surface area contributed by atoms with Crippen LogP contribution in [0.5, 0.6) is 0 Å². The van der Waals surface area contributed by atoms with Crippen LogP contribution < -0.4 is 5.32 Å². The van der Waals surface area contributed by atoms with Crippen LogP contribution >= 0.6 is 0 Å². The van der Waals surface area contributed by atoms with E-state index in [-0.39, 0.29) is 18.1 Å². The molecule has 1 aliphatic heterocycles. The molecule has 0 spiro atoms. The van der Waals surface area contributed by atoms with Crippen LogP contribution in [0.25, 0.3) is 0 Å². The number of carbonyl (C=O) groups is 1. The molecular formula is C17H20N2O3. The van der Waals surface area contributed by atoms with Crippen LogP contribution in [0.15, 0.2) is 53.1 Å². The Balaban J connectivity index is 1.58. The molecule has 5 heteroatoms. The Hall–Kier alpha value is -2.27. The maximum absolute atomic E-state index is 11.9. The first-order chi connectivity index (χ1) is 10.7. The van der Waals surface area contributed by atoms with E-state index in [1.807, 2.05) is 30.3 Å². The van der Waals surface area contributed by atoms with Crippen molar-refractivity contribution in [2.45, 2.75) is 18.4 Å². The summed E-state index contributed by atoms with van der Waals surface area (Å²) in [5, 5.41) is 12.1. The average molecular weight is 300 g/mol. The van der Waals surface area contributed by atoms with Crippen molar-refractivity contribution in [3.8, 4) is 0 Å². The fraction of sp³-hybridized carbons (Fsp3) is 0.353. The smallest absolute Gasteiger partial charge is 0.317 e. The molecule has 1 aromatic heterocycles. The monoisotopic (exact) mass is 300 g/mol. The van der Waals surface area contributed by atoms with E-state index in [1.54, 1.807) is 11.2 Å². The van der Waals surface area contributed by atoms with Crippen molar-refractivity contribution in [3.05, 3.63) is 60.1 Å². The van der Waals surface area contributed by atoms with Crippen LogP contribution in [-0.2, 0) is 0 Å². The first-order valence-corrected chi connectivity index (χ1v) is 7.53. The lowest BCUT2D eigenvalue weighted by atomic mass is 9.93. The predicted molar refractivity (Wildman–Crippen MR) is 82.6 cm³/mol. The van der Waals surface area contributed by atoms with E-state index >= 15 is 0 Å². The summed E-state index contributed by atoms with van der Waals surface area (Å²) in [6.07, 6.45) is 2.07. The van der Waals surface area contributed by atoms with Gasteiger partial charge < -0.3 is 19.7 Å². The number of carbonyl (C=O) groups excluding carboxylic acids is 1. The molecule has 1 fully saturated rings. The van der Waals surface area contributed by atoms with Gasteiger partial charge in [-0.3, -0.25) is 0 Å². The quantitative estimate of drug-likeness (QED) is 0.889. The fourth-order valence-electron chi connectivity index (χ4n) is 2.70. The van der Waals surface area contributed by atoms with Gasteiger partial charge in [-0.1, -0.05) is 30.3 Å². The second-order valence-electron chi connectivity index (χ2n) is 5.56. The van der Waals surface area contributed by atoms with Crippen molar-refractivity contribution in [1.82, 2.24) is 10.2 Å². The van der Waals surface area contributed by atoms with Crippen molar-refractivity contribution in [3.63, 3.8) is 0 Å². The Bertz CT molecular complexity index is 592. The summed E-state index contributed by atoms with van der Waals surface area (Å²) in [5.74, 6) is 1.03. The molecule has 1 aliphatic rings. The summed E-state index contributed by atoms with van der Waals surface area (Å²) < 4.78 is 5.55. The number of furan rings is 1. The van der Waals surface area contributed by atoms with E-state index in [2.05, 4.69) is 17.4 Å². The standard InChI is InChI=1S/C17H20N2O3/c20-14-11-19(12-14)17(21)18-9-8-15(16-7-4-10-22-16)13-5-2-1-3-6-13/h1-7,10,14-15,20H,8-9,11-12H2,(H,18,21)/t15-/m0/s1. The third-order valence-electron chi connectivity index (χ3n) is 3.95. The number of β-amino-alcohol motifs (C(OH)–C–C–N with tert-alkyl or cyclic N) is 1. The summed E-state index contributed by atoms with van der Waals surface area (Å²) in [4.78, 5) is 13.5. The molecule has 5 nitrogen and oxygen atoms in total. The minimum Gasteiger partial charge on any atom is -0.469 e. The van der Waals surface area contributed by atoms with Crippen molar-refractivity contribution in [2.24, 2.45) is 0 Å². The molecule has 1 saturated heterocycles. The predicted octanol–water partition coefficient (Wildman–Crippen LogP) is 2.19. The van der Waals surface area contributed by atoms with E-state index in [0.717, 1.165) is 12.2 Å². The fourth-order valence-corrected chi connectivity index (χ4v) is 2.70. The van der Waals surface area contributed by atoms with Crippen molar-refractivity contribution in [1.29, 1.82) is 0 Å². The second-order valence-corrected chi connectivity index (χ2v) is 5.56. The van der Waals surface area contributed by atoms with Crippen molar-refractivity contribution >= 4 is 6.03 Å². The number of hydrogen-bond acceptors (Lipinski definition) is 3. The van der Waals surface area contributed by atoms with Crippen molar-refractivity contribution in [2.75, 3.05) is 19.6 Å². The Morgan fingerprint density at radius 3 is 2.68 bits per heavy atom. The van der Waals surface area contributed by atoms with E-state index in [9.17, 15) is 9.90 Å². The zero-order valence-electron chi connectivity index (χ0n) is 12.3. The minimum atomic E-state index is -0.370. The van der Waals surface area contributed by atoms with Crippen LogP contribution in [0.2, 0.25) is 0 Å². The van der Waals surface area contributed by atoms with Gasteiger partial charge in [0.2, 0.25) is 0 Å². The molecular weight excluding hydrogens is 280 g/mol. The largest absolute Gasteiger partial charge is 0.469 e. The maximum atomic E-state index is 11.9. The number of rotatable bonds is 5. The van der Waals surface area contributed by atoms with Gasteiger partial charge in [0.25, 0.3) is 0 Å². The number of amides is 2. The normalized spacial score (nSPS) is 16.1. The third-order valence-corrected chi connectivity index (χ3v) is 3.95. The number of nitrogens with one attached hydrogen (secondary N) is 1.